The van der Waals surface area contributed by atoms with Crippen molar-refractivity contribution in [2.75, 3.05) is 19.7 Å². The van der Waals surface area contributed by atoms with Gasteiger partial charge < -0.3 is 15.4 Å². The fraction of sp³-hybridized carbons (Fsp3) is 0.632. The van der Waals surface area contributed by atoms with E-state index in [1.165, 1.54) is 18.4 Å². The van der Waals surface area contributed by atoms with Crippen LogP contribution in [0, 0.1) is 5.92 Å². The third kappa shape index (κ3) is 6.71. The summed E-state index contributed by atoms with van der Waals surface area (Å²) in [6.07, 6.45) is 5.07. The van der Waals surface area contributed by atoms with E-state index in [2.05, 4.69) is 29.7 Å². The van der Waals surface area contributed by atoms with E-state index in [0.717, 1.165) is 38.1 Å². The Morgan fingerprint density at radius 1 is 1.26 bits per heavy atom. The number of benzene rings is 1. The number of carbonyl (C=O) groups excluding carboxylic acids is 1. The van der Waals surface area contributed by atoms with Gasteiger partial charge in [0.2, 0.25) is 5.91 Å². The van der Waals surface area contributed by atoms with E-state index >= 15 is 0 Å². The van der Waals surface area contributed by atoms with Crippen molar-refractivity contribution in [2.45, 2.75) is 52.2 Å². The van der Waals surface area contributed by atoms with Gasteiger partial charge in [-0.25, -0.2) is 0 Å². The van der Waals surface area contributed by atoms with Gasteiger partial charge in [0, 0.05) is 19.6 Å². The molecule has 1 saturated heterocycles. The molecule has 4 nitrogen and oxygen atoms in total. The molecule has 0 aromatic heterocycles. The summed E-state index contributed by atoms with van der Waals surface area (Å²) in [5, 5.41) is 6.42. The molecule has 1 aromatic carbocycles. The fourth-order valence-electron chi connectivity index (χ4n) is 2.99. The molecule has 1 heterocycles. The van der Waals surface area contributed by atoms with Crippen molar-refractivity contribution in [3.63, 3.8) is 0 Å². The smallest absolute Gasteiger partial charge is 0.220 e. The molecule has 23 heavy (non-hydrogen) atoms. The molecule has 0 unspecified atom stereocenters. The lowest BCUT2D eigenvalue weighted by Crippen LogP contribution is -2.29. The number of carbonyl (C=O) groups is 1. The molecule has 1 amide bonds. The Kier molecular flexibility index (Phi) is 8.12. The third-order valence-corrected chi connectivity index (χ3v) is 4.44. The van der Waals surface area contributed by atoms with Crippen LogP contribution in [0.25, 0.3) is 0 Å². The standard InChI is InChI=1S/C19H30N2O2/c1-2-13-23-15-18-6-4-3-5-17(18)14-21-19(22)8-7-16-9-11-20-12-10-16/h3-6,16,20H,2,7-15H2,1H3,(H,21,22). The van der Waals surface area contributed by atoms with Crippen LogP contribution in [0.1, 0.15) is 50.2 Å². The zero-order valence-electron chi connectivity index (χ0n) is 14.3. The lowest BCUT2D eigenvalue weighted by Gasteiger charge is -2.22. The Morgan fingerprint density at radius 3 is 2.74 bits per heavy atom. The van der Waals surface area contributed by atoms with Crippen LogP contribution in [0.4, 0.5) is 0 Å². The highest BCUT2D eigenvalue weighted by Crippen LogP contribution is 2.17. The molecule has 0 radical (unpaired) electrons. The van der Waals surface area contributed by atoms with Crippen LogP contribution in [0.5, 0.6) is 0 Å². The zero-order chi connectivity index (χ0) is 16.3. The topological polar surface area (TPSA) is 50.4 Å². The summed E-state index contributed by atoms with van der Waals surface area (Å²) in [5.74, 6) is 0.865. The monoisotopic (exact) mass is 318 g/mol. The predicted molar refractivity (Wildman–Crippen MR) is 93.1 cm³/mol. The van der Waals surface area contributed by atoms with Crippen LogP contribution in [0.15, 0.2) is 24.3 Å². The molecule has 1 fully saturated rings. The summed E-state index contributed by atoms with van der Waals surface area (Å²) >= 11 is 0. The fourth-order valence-corrected chi connectivity index (χ4v) is 2.99. The zero-order valence-corrected chi connectivity index (χ0v) is 14.3. The van der Waals surface area contributed by atoms with Gasteiger partial charge in [-0.2, -0.15) is 0 Å². The van der Waals surface area contributed by atoms with Gasteiger partial charge in [-0.05, 0) is 55.8 Å². The maximum atomic E-state index is 12.1. The van der Waals surface area contributed by atoms with Crippen molar-refractivity contribution in [2.24, 2.45) is 5.92 Å². The van der Waals surface area contributed by atoms with Gasteiger partial charge in [-0.15, -0.1) is 0 Å². The number of ether oxygens (including phenoxy) is 1. The first-order chi connectivity index (χ1) is 11.3. The molecular formula is C19H30N2O2. The average molecular weight is 318 g/mol. The normalized spacial score (nSPS) is 15.5. The molecule has 0 bridgehead atoms. The van der Waals surface area contributed by atoms with Crippen LogP contribution < -0.4 is 10.6 Å². The van der Waals surface area contributed by atoms with Crippen molar-refractivity contribution in [1.29, 1.82) is 0 Å². The van der Waals surface area contributed by atoms with Crippen molar-refractivity contribution < 1.29 is 9.53 Å². The highest BCUT2D eigenvalue weighted by atomic mass is 16.5. The van der Waals surface area contributed by atoms with Crippen LogP contribution >= 0.6 is 0 Å². The lowest BCUT2D eigenvalue weighted by atomic mass is 9.93. The molecule has 4 heteroatoms. The summed E-state index contributed by atoms with van der Waals surface area (Å²) in [6, 6.07) is 8.18. The molecule has 0 spiro atoms. The van der Waals surface area contributed by atoms with Gasteiger partial charge in [0.15, 0.2) is 0 Å². The van der Waals surface area contributed by atoms with Gasteiger partial charge >= 0.3 is 0 Å². The van der Waals surface area contributed by atoms with E-state index in [0.29, 0.717) is 25.5 Å². The summed E-state index contributed by atoms with van der Waals surface area (Å²) in [6.45, 7) is 6.28. The van der Waals surface area contributed by atoms with E-state index < -0.39 is 0 Å². The van der Waals surface area contributed by atoms with Crippen molar-refractivity contribution in [3.05, 3.63) is 35.4 Å². The van der Waals surface area contributed by atoms with Gasteiger partial charge in [-0.3, -0.25) is 4.79 Å². The Morgan fingerprint density at radius 2 is 2.00 bits per heavy atom. The van der Waals surface area contributed by atoms with Crippen LogP contribution in [-0.2, 0) is 22.7 Å². The molecule has 1 aliphatic heterocycles. The molecule has 0 aliphatic carbocycles. The van der Waals surface area contributed by atoms with Gasteiger partial charge in [0.1, 0.15) is 0 Å². The van der Waals surface area contributed by atoms with Crippen molar-refractivity contribution in [3.8, 4) is 0 Å². The second kappa shape index (κ2) is 10.4. The molecule has 2 N–H and O–H groups in total. The van der Waals surface area contributed by atoms with Crippen molar-refractivity contribution >= 4 is 5.91 Å². The summed E-state index contributed by atoms with van der Waals surface area (Å²) in [5.41, 5.74) is 2.32. The summed E-state index contributed by atoms with van der Waals surface area (Å²) < 4.78 is 5.62. The van der Waals surface area contributed by atoms with E-state index in [-0.39, 0.29) is 5.91 Å². The highest BCUT2D eigenvalue weighted by molar-refractivity contribution is 5.75. The number of hydrogen-bond donors (Lipinski definition) is 2. The quantitative estimate of drug-likeness (QED) is 0.688. The van der Waals surface area contributed by atoms with Crippen molar-refractivity contribution in [1.82, 2.24) is 10.6 Å². The number of amides is 1. The van der Waals surface area contributed by atoms with E-state index in [4.69, 9.17) is 4.74 Å². The van der Waals surface area contributed by atoms with Gasteiger partial charge in [0.25, 0.3) is 0 Å². The van der Waals surface area contributed by atoms with Crippen LogP contribution in [0.2, 0.25) is 0 Å². The van der Waals surface area contributed by atoms with Gasteiger partial charge in [-0.1, -0.05) is 31.2 Å². The maximum absolute atomic E-state index is 12.1. The Hall–Kier alpha value is -1.39. The SMILES string of the molecule is CCCOCc1ccccc1CNC(=O)CCC1CCNCC1. The van der Waals surface area contributed by atoms with Gasteiger partial charge in [0.05, 0.1) is 6.61 Å². The van der Waals surface area contributed by atoms with Crippen LogP contribution in [-0.4, -0.2) is 25.6 Å². The molecule has 0 atom stereocenters. The number of rotatable bonds is 9. The molecule has 2 rings (SSSR count). The molecule has 1 aromatic rings. The Balaban J connectivity index is 1.72. The molecule has 0 saturated carbocycles. The number of hydrogen-bond acceptors (Lipinski definition) is 3. The predicted octanol–water partition coefficient (Wildman–Crippen LogP) is 3.01. The maximum Gasteiger partial charge on any atom is 0.220 e. The van der Waals surface area contributed by atoms with Crippen LogP contribution in [0.3, 0.4) is 0 Å². The second-order valence-corrected chi connectivity index (χ2v) is 6.33. The average Bonchev–Trinajstić information content (AvgIpc) is 2.60. The second-order valence-electron chi connectivity index (χ2n) is 6.33. The first kappa shape index (κ1) is 18.0. The van der Waals surface area contributed by atoms with E-state index in [1.54, 1.807) is 0 Å². The minimum atomic E-state index is 0.160. The number of piperidine rings is 1. The number of nitrogens with one attached hydrogen (secondary N) is 2. The Labute approximate surface area is 140 Å². The highest BCUT2D eigenvalue weighted by Gasteiger charge is 2.14. The minimum absolute atomic E-state index is 0.160. The first-order valence-electron chi connectivity index (χ1n) is 8.91. The minimum Gasteiger partial charge on any atom is -0.377 e. The molecule has 1 aliphatic rings. The largest absolute Gasteiger partial charge is 0.377 e. The third-order valence-electron chi connectivity index (χ3n) is 4.44. The Bertz CT molecular complexity index is 470. The summed E-state index contributed by atoms with van der Waals surface area (Å²) in [7, 11) is 0. The van der Waals surface area contributed by atoms with E-state index in [1.807, 2.05) is 12.1 Å². The summed E-state index contributed by atoms with van der Waals surface area (Å²) in [4.78, 5) is 12.1. The first-order valence-corrected chi connectivity index (χ1v) is 8.91. The molecular weight excluding hydrogens is 288 g/mol. The lowest BCUT2D eigenvalue weighted by molar-refractivity contribution is -0.121. The van der Waals surface area contributed by atoms with E-state index in [9.17, 15) is 4.79 Å². The molecule has 128 valence electrons.